The van der Waals surface area contributed by atoms with Crippen molar-refractivity contribution in [3.05, 3.63) is 0 Å². The van der Waals surface area contributed by atoms with E-state index in [1.165, 1.54) is 0 Å². The summed E-state index contributed by atoms with van der Waals surface area (Å²) < 4.78 is 0. The Labute approximate surface area is 108 Å². The third kappa shape index (κ3) is 7.21. The fraction of sp³-hybridized carbons (Fsp3) is 0.818. The average Bonchev–Trinajstić information content (AvgIpc) is 2.35. The second-order valence-corrected chi connectivity index (χ2v) is 4.13. The molecule has 0 rings (SSSR count). The first kappa shape index (κ1) is 16.8. The molecule has 0 aromatic rings. The lowest BCUT2D eigenvalue weighted by Crippen LogP contribution is -2.48. The van der Waals surface area contributed by atoms with Crippen LogP contribution in [0.15, 0.2) is 0 Å². The zero-order valence-corrected chi connectivity index (χ0v) is 11.4. The van der Waals surface area contributed by atoms with Gasteiger partial charge in [-0.3, -0.25) is 9.59 Å². The lowest BCUT2D eigenvalue weighted by Gasteiger charge is -2.19. The molecule has 0 heterocycles. The van der Waals surface area contributed by atoms with Crippen molar-refractivity contribution >= 4 is 11.8 Å². The Balaban J connectivity index is 4.07. The Bertz CT molecular complexity index is 260. The van der Waals surface area contributed by atoms with E-state index in [-0.39, 0.29) is 18.4 Å². The number of primary amides is 1. The van der Waals surface area contributed by atoms with E-state index in [1.54, 1.807) is 7.05 Å². The summed E-state index contributed by atoms with van der Waals surface area (Å²) in [5, 5.41) is 11.7. The minimum Gasteiger partial charge on any atom is -0.370 e. The number of carbonyl (C=O) groups is 2. The van der Waals surface area contributed by atoms with Crippen LogP contribution in [-0.4, -0.2) is 58.1 Å². The SMILES string of the molecule is CNCC[C@@H](CNC(=O)[C@H](CC(N)=O)NC)NC. The van der Waals surface area contributed by atoms with E-state index in [9.17, 15) is 9.59 Å². The third-order valence-electron chi connectivity index (χ3n) is 2.74. The van der Waals surface area contributed by atoms with Gasteiger partial charge in [-0.2, -0.15) is 0 Å². The maximum absolute atomic E-state index is 11.8. The number of amides is 2. The van der Waals surface area contributed by atoms with Crippen LogP contribution in [0.25, 0.3) is 0 Å². The first-order valence-electron chi connectivity index (χ1n) is 6.10. The van der Waals surface area contributed by atoms with Crippen molar-refractivity contribution in [1.82, 2.24) is 21.3 Å². The van der Waals surface area contributed by atoms with E-state index in [2.05, 4.69) is 21.3 Å². The van der Waals surface area contributed by atoms with Gasteiger partial charge in [-0.15, -0.1) is 0 Å². The molecule has 0 saturated heterocycles. The van der Waals surface area contributed by atoms with Gasteiger partial charge in [0.25, 0.3) is 0 Å². The monoisotopic (exact) mass is 259 g/mol. The van der Waals surface area contributed by atoms with Gasteiger partial charge >= 0.3 is 0 Å². The number of likely N-dealkylation sites (N-methyl/N-ethyl adjacent to an activating group) is 2. The van der Waals surface area contributed by atoms with Gasteiger partial charge in [-0.1, -0.05) is 0 Å². The van der Waals surface area contributed by atoms with Gasteiger partial charge in [0.2, 0.25) is 11.8 Å². The van der Waals surface area contributed by atoms with Gasteiger partial charge in [0.1, 0.15) is 0 Å². The van der Waals surface area contributed by atoms with Crippen molar-refractivity contribution in [3.63, 3.8) is 0 Å². The van der Waals surface area contributed by atoms with Crippen molar-refractivity contribution in [2.45, 2.75) is 24.9 Å². The summed E-state index contributed by atoms with van der Waals surface area (Å²) in [6, 6.07) is -0.364. The smallest absolute Gasteiger partial charge is 0.237 e. The van der Waals surface area contributed by atoms with Crippen molar-refractivity contribution < 1.29 is 9.59 Å². The first-order chi connectivity index (χ1) is 8.54. The van der Waals surface area contributed by atoms with Gasteiger partial charge < -0.3 is 27.0 Å². The highest BCUT2D eigenvalue weighted by Gasteiger charge is 2.19. The summed E-state index contributed by atoms with van der Waals surface area (Å²) in [5.41, 5.74) is 5.08. The highest BCUT2D eigenvalue weighted by molar-refractivity contribution is 5.87. The van der Waals surface area contributed by atoms with E-state index in [4.69, 9.17) is 5.73 Å². The number of carbonyl (C=O) groups excluding carboxylic acids is 2. The second-order valence-electron chi connectivity index (χ2n) is 4.13. The van der Waals surface area contributed by atoms with E-state index in [0.29, 0.717) is 6.54 Å². The van der Waals surface area contributed by atoms with Gasteiger partial charge in [0, 0.05) is 12.6 Å². The van der Waals surface area contributed by atoms with Gasteiger partial charge in [0.05, 0.1) is 12.5 Å². The molecule has 0 aliphatic rings. The van der Waals surface area contributed by atoms with Crippen LogP contribution in [0, 0.1) is 0 Å². The summed E-state index contributed by atoms with van der Waals surface area (Å²) >= 11 is 0. The topological polar surface area (TPSA) is 108 Å². The average molecular weight is 259 g/mol. The highest BCUT2D eigenvalue weighted by Crippen LogP contribution is 1.93. The standard InChI is InChI=1S/C11H25N5O2/c1-13-5-4-8(14-2)7-16-11(18)9(15-3)6-10(12)17/h8-9,13-15H,4-7H2,1-3H3,(H2,12,17)(H,16,18)/t8-,9-/m0/s1. The summed E-state index contributed by atoms with van der Waals surface area (Å²) in [6.07, 6.45) is 0.913. The summed E-state index contributed by atoms with van der Waals surface area (Å²) in [4.78, 5) is 22.6. The van der Waals surface area contributed by atoms with Crippen molar-refractivity contribution in [2.75, 3.05) is 34.2 Å². The largest absolute Gasteiger partial charge is 0.370 e. The molecule has 0 aliphatic carbocycles. The second kappa shape index (κ2) is 9.81. The minimum atomic E-state index is -0.565. The normalized spacial score (nSPS) is 13.9. The van der Waals surface area contributed by atoms with E-state index >= 15 is 0 Å². The molecule has 0 aromatic heterocycles. The Hall–Kier alpha value is -1.18. The molecule has 106 valence electrons. The molecule has 2 atom stereocenters. The lowest BCUT2D eigenvalue weighted by molar-refractivity contribution is -0.127. The van der Waals surface area contributed by atoms with E-state index < -0.39 is 11.9 Å². The number of nitrogens with two attached hydrogens (primary N) is 1. The van der Waals surface area contributed by atoms with Crippen LogP contribution in [-0.2, 0) is 9.59 Å². The summed E-state index contributed by atoms with van der Waals surface area (Å²) in [5.74, 6) is -0.703. The molecule has 0 aromatic carbocycles. The molecule has 0 bridgehead atoms. The van der Waals surface area contributed by atoms with Crippen molar-refractivity contribution in [3.8, 4) is 0 Å². The van der Waals surface area contributed by atoms with E-state index in [0.717, 1.165) is 13.0 Å². The van der Waals surface area contributed by atoms with Crippen LogP contribution in [0.5, 0.6) is 0 Å². The van der Waals surface area contributed by atoms with E-state index in [1.807, 2.05) is 14.1 Å². The molecule has 0 radical (unpaired) electrons. The Morgan fingerprint density at radius 1 is 1.17 bits per heavy atom. The van der Waals surface area contributed by atoms with Crippen molar-refractivity contribution in [2.24, 2.45) is 5.73 Å². The molecular weight excluding hydrogens is 234 g/mol. The predicted molar refractivity (Wildman–Crippen MR) is 71.1 cm³/mol. The fourth-order valence-corrected chi connectivity index (χ4v) is 1.54. The number of rotatable bonds is 10. The van der Waals surface area contributed by atoms with Gasteiger partial charge in [-0.25, -0.2) is 0 Å². The van der Waals surface area contributed by atoms with Crippen LogP contribution >= 0.6 is 0 Å². The molecule has 2 amide bonds. The number of hydrogen-bond donors (Lipinski definition) is 5. The minimum absolute atomic E-state index is 0.00304. The zero-order valence-electron chi connectivity index (χ0n) is 11.4. The molecule has 0 aliphatic heterocycles. The first-order valence-corrected chi connectivity index (χ1v) is 6.10. The van der Waals surface area contributed by atoms with Gasteiger partial charge in [0.15, 0.2) is 0 Å². The van der Waals surface area contributed by atoms with Crippen LogP contribution in [0.3, 0.4) is 0 Å². The maximum Gasteiger partial charge on any atom is 0.237 e. The molecular formula is C11H25N5O2. The molecule has 18 heavy (non-hydrogen) atoms. The predicted octanol–water partition coefficient (Wildman–Crippen LogP) is -2.24. The summed E-state index contributed by atoms with van der Waals surface area (Å²) in [7, 11) is 5.37. The van der Waals surface area contributed by atoms with Crippen LogP contribution in [0.4, 0.5) is 0 Å². The third-order valence-corrected chi connectivity index (χ3v) is 2.74. The van der Waals surface area contributed by atoms with Crippen LogP contribution in [0.1, 0.15) is 12.8 Å². The number of nitrogens with one attached hydrogen (secondary N) is 4. The van der Waals surface area contributed by atoms with Crippen LogP contribution < -0.4 is 27.0 Å². The Morgan fingerprint density at radius 2 is 1.83 bits per heavy atom. The molecule has 0 saturated carbocycles. The zero-order chi connectivity index (χ0) is 14.0. The lowest BCUT2D eigenvalue weighted by atomic mass is 10.1. The van der Waals surface area contributed by atoms with Crippen LogP contribution in [0.2, 0.25) is 0 Å². The summed E-state index contributed by atoms with van der Waals surface area (Å²) in [6.45, 7) is 1.39. The number of hydrogen-bond acceptors (Lipinski definition) is 5. The molecule has 0 fully saturated rings. The molecule has 7 heteroatoms. The molecule has 0 unspecified atom stereocenters. The fourth-order valence-electron chi connectivity index (χ4n) is 1.54. The highest BCUT2D eigenvalue weighted by atomic mass is 16.2. The Morgan fingerprint density at radius 3 is 2.28 bits per heavy atom. The molecule has 0 spiro atoms. The Kier molecular flexibility index (Phi) is 9.17. The van der Waals surface area contributed by atoms with Gasteiger partial charge in [-0.05, 0) is 34.1 Å². The quantitative estimate of drug-likeness (QED) is 0.305. The molecule has 7 nitrogen and oxygen atoms in total. The maximum atomic E-state index is 11.8. The van der Waals surface area contributed by atoms with Crippen molar-refractivity contribution in [1.29, 1.82) is 0 Å². The molecule has 6 N–H and O–H groups in total.